The van der Waals surface area contributed by atoms with E-state index in [4.69, 9.17) is 8.85 Å². The van der Waals surface area contributed by atoms with Crippen LogP contribution in [0.15, 0.2) is 24.7 Å². The molecule has 17 heteroatoms. The van der Waals surface area contributed by atoms with Gasteiger partial charge >= 0.3 is 0 Å². The minimum atomic E-state index is -3.90. The normalized spacial score (nSPS) is 19.8. The summed E-state index contributed by atoms with van der Waals surface area (Å²) in [4.78, 5) is 7.64. The molecule has 1 aromatic carbocycles. The molecule has 0 radical (unpaired) electrons. The van der Waals surface area contributed by atoms with E-state index in [-0.39, 0.29) is 29.6 Å². The van der Waals surface area contributed by atoms with Gasteiger partial charge in [-0.2, -0.15) is 9.29 Å². The molecule has 210 valence electrons. The van der Waals surface area contributed by atoms with E-state index in [0.717, 1.165) is 40.0 Å². The first-order valence-electron chi connectivity index (χ1n) is 12.7. The molecular formula is C22H21F6N7O3S. The molecular weight excluding hydrogens is 556 g/mol. The lowest BCUT2D eigenvalue weighted by Gasteiger charge is -2.37. The van der Waals surface area contributed by atoms with Crippen LogP contribution in [-0.4, -0.2) is 81.6 Å². The highest BCUT2D eigenvalue weighted by Crippen LogP contribution is 2.37. The maximum atomic E-state index is 15.4. The Balaban J connectivity index is 1.61. The minimum Gasteiger partial charge on any atom is -0.479 e. The van der Waals surface area contributed by atoms with Gasteiger partial charge in [0, 0.05) is 6.54 Å². The summed E-state index contributed by atoms with van der Waals surface area (Å²) >= 11 is 0. The van der Waals surface area contributed by atoms with Crippen LogP contribution in [0.4, 0.5) is 32.3 Å². The summed E-state index contributed by atoms with van der Waals surface area (Å²) in [5.74, 6) is -7.06. The van der Waals surface area contributed by atoms with Crippen molar-refractivity contribution in [2.75, 3.05) is 31.7 Å². The number of aromatic nitrogens is 5. The summed E-state index contributed by atoms with van der Waals surface area (Å²) in [7, 11) is -7.07. The van der Waals surface area contributed by atoms with Crippen molar-refractivity contribution < 1.29 is 43.6 Å². The molecule has 1 unspecified atom stereocenters. The van der Waals surface area contributed by atoms with Gasteiger partial charge in [-0.05, 0) is 24.1 Å². The molecule has 1 saturated heterocycles. The molecule has 4 aromatic rings. The van der Waals surface area contributed by atoms with Gasteiger partial charge in [-0.3, -0.25) is 0 Å². The SMILES string of the molecule is [2H]C([2H])([2H])Oc1nc(NC2CCN(S(C)(=O)=O)CC2(F)F)nn2cc(F)c(-c3cc(F)c4ncn(CC(F)F)c4c3)c12. The van der Waals surface area contributed by atoms with Gasteiger partial charge in [-0.1, -0.05) is 0 Å². The van der Waals surface area contributed by atoms with Gasteiger partial charge in [0.2, 0.25) is 21.9 Å². The third kappa shape index (κ3) is 4.95. The highest BCUT2D eigenvalue weighted by atomic mass is 32.2. The van der Waals surface area contributed by atoms with Gasteiger partial charge in [0.05, 0.1) is 60.1 Å². The molecule has 0 aliphatic carbocycles. The van der Waals surface area contributed by atoms with Crippen molar-refractivity contribution in [2.24, 2.45) is 0 Å². The number of hydrogen-bond donors (Lipinski definition) is 1. The number of piperidine rings is 1. The lowest BCUT2D eigenvalue weighted by molar-refractivity contribution is -0.0541. The first-order chi connectivity index (χ1) is 19.4. The van der Waals surface area contributed by atoms with Gasteiger partial charge in [0.25, 0.3) is 12.3 Å². The zero-order valence-electron chi connectivity index (χ0n) is 22.9. The number of nitrogens with zero attached hydrogens (tertiary/aromatic N) is 6. The fraction of sp³-hybridized carbons (Fsp3) is 0.409. The molecule has 0 saturated carbocycles. The van der Waals surface area contributed by atoms with Crippen LogP contribution in [-0.2, 0) is 16.6 Å². The number of imidazole rings is 1. The molecule has 5 rings (SSSR count). The maximum absolute atomic E-state index is 15.4. The van der Waals surface area contributed by atoms with Crippen LogP contribution >= 0.6 is 0 Å². The van der Waals surface area contributed by atoms with E-state index in [0.29, 0.717) is 4.31 Å². The number of ether oxygens (including phenoxy) is 1. The van der Waals surface area contributed by atoms with Gasteiger partial charge in [0.15, 0.2) is 11.6 Å². The van der Waals surface area contributed by atoms with E-state index in [2.05, 4.69) is 20.4 Å². The fourth-order valence-electron chi connectivity index (χ4n) is 4.51. The topological polar surface area (TPSA) is 107 Å². The molecule has 3 aromatic heterocycles. The summed E-state index contributed by atoms with van der Waals surface area (Å²) in [6, 6.07) is 0.315. The zero-order valence-corrected chi connectivity index (χ0v) is 20.7. The van der Waals surface area contributed by atoms with Crippen LogP contribution < -0.4 is 10.1 Å². The van der Waals surface area contributed by atoms with Crippen molar-refractivity contribution in [2.45, 2.75) is 31.4 Å². The Bertz CT molecular complexity index is 1780. The Morgan fingerprint density at radius 2 is 2.05 bits per heavy atom. The Labute approximate surface area is 221 Å². The standard InChI is InChI=1S/C22H21F6N7O3S/c1-38-20-19-17(11-5-12(23)18-14(6-11)33(10-29-18)8-16(25)26)13(24)7-35(19)32-21(31-20)30-15-3-4-34(39(2,36)37)9-22(15,27)28/h5-7,10,15-16H,3-4,8-9H2,1-2H3,(H,30,32)/i1D3. The smallest absolute Gasteiger partial charge is 0.281 e. The van der Waals surface area contributed by atoms with Crippen molar-refractivity contribution in [3.05, 3.63) is 36.3 Å². The van der Waals surface area contributed by atoms with Crippen molar-refractivity contribution >= 4 is 32.5 Å². The van der Waals surface area contributed by atoms with Crippen LogP contribution in [0.5, 0.6) is 5.88 Å². The Morgan fingerprint density at radius 3 is 2.72 bits per heavy atom. The predicted molar refractivity (Wildman–Crippen MR) is 128 cm³/mol. The Kier molecular flexibility index (Phi) is 5.70. The summed E-state index contributed by atoms with van der Waals surface area (Å²) < 4.78 is 139. The van der Waals surface area contributed by atoms with Crippen molar-refractivity contribution in [3.8, 4) is 17.0 Å². The number of fused-ring (bicyclic) bond motifs is 2. The van der Waals surface area contributed by atoms with Gasteiger partial charge < -0.3 is 14.6 Å². The summed E-state index contributed by atoms with van der Waals surface area (Å²) in [5.41, 5.74) is -1.49. The molecule has 1 aliphatic heterocycles. The Hall–Kier alpha value is -3.60. The van der Waals surface area contributed by atoms with Crippen LogP contribution in [0.25, 0.3) is 27.7 Å². The van der Waals surface area contributed by atoms with Gasteiger partial charge in [0.1, 0.15) is 11.0 Å². The number of alkyl halides is 4. The van der Waals surface area contributed by atoms with Gasteiger partial charge in [-0.25, -0.2) is 44.3 Å². The fourth-order valence-corrected chi connectivity index (χ4v) is 5.36. The van der Waals surface area contributed by atoms with E-state index in [1.54, 1.807) is 0 Å². The second kappa shape index (κ2) is 9.55. The quantitative estimate of drug-likeness (QED) is 0.334. The second-order valence-electron chi connectivity index (χ2n) is 8.94. The molecule has 4 heterocycles. The maximum Gasteiger partial charge on any atom is 0.281 e. The third-order valence-corrected chi connectivity index (χ3v) is 7.54. The van der Waals surface area contributed by atoms with E-state index >= 15 is 4.39 Å². The average Bonchev–Trinajstić information content (AvgIpc) is 3.38. The molecule has 0 spiro atoms. The lowest BCUT2D eigenvalue weighted by atomic mass is 10.0. The second-order valence-corrected chi connectivity index (χ2v) is 10.9. The van der Waals surface area contributed by atoms with E-state index in [1.165, 1.54) is 0 Å². The van der Waals surface area contributed by atoms with E-state index in [9.17, 15) is 30.4 Å². The van der Waals surface area contributed by atoms with Crippen LogP contribution in [0, 0.1) is 11.6 Å². The summed E-state index contributed by atoms with van der Waals surface area (Å²) in [6.07, 6.45) is -0.676. The number of benzene rings is 1. The van der Waals surface area contributed by atoms with Crippen LogP contribution in [0.2, 0.25) is 0 Å². The molecule has 1 atom stereocenters. The molecule has 0 bridgehead atoms. The number of sulfonamides is 1. The highest BCUT2D eigenvalue weighted by molar-refractivity contribution is 7.88. The first-order valence-corrected chi connectivity index (χ1v) is 13.1. The number of hydrogen-bond acceptors (Lipinski definition) is 7. The Morgan fingerprint density at radius 1 is 1.28 bits per heavy atom. The minimum absolute atomic E-state index is 0.107. The van der Waals surface area contributed by atoms with Crippen molar-refractivity contribution in [3.63, 3.8) is 0 Å². The molecule has 39 heavy (non-hydrogen) atoms. The number of rotatable bonds is 7. The monoisotopic (exact) mass is 580 g/mol. The lowest BCUT2D eigenvalue weighted by Crippen LogP contribution is -2.55. The number of anilines is 1. The molecule has 0 amide bonds. The summed E-state index contributed by atoms with van der Waals surface area (Å²) in [6.45, 7) is -2.23. The van der Waals surface area contributed by atoms with E-state index in [1.807, 2.05) is 0 Å². The van der Waals surface area contributed by atoms with Crippen LogP contribution in [0.1, 0.15) is 10.5 Å². The average molecular weight is 581 g/mol. The molecule has 10 nitrogen and oxygen atoms in total. The van der Waals surface area contributed by atoms with Gasteiger partial charge in [-0.15, -0.1) is 5.10 Å². The first kappa shape index (κ1) is 23.3. The molecule has 1 N–H and O–H groups in total. The highest BCUT2D eigenvalue weighted by Gasteiger charge is 2.47. The molecule has 1 fully saturated rings. The molecule has 1 aliphatic rings. The number of nitrogens with one attached hydrogen (secondary N) is 1. The van der Waals surface area contributed by atoms with Crippen LogP contribution in [0.3, 0.4) is 0 Å². The van der Waals surface area contributed by atoms with Crippen molar-refractivity contribution in [1.82, 2.24) is 28.5 Å². The summed E-state index contributed by atoms with van der Waals surface area (Å²) in [5, 5.41) is 6.29. The predicted octanol–water partition coefficient (Wildman–Crippen LogP) is 3.38. The number of halogens is 6. The number of methoxy groups -OCH3 is 1. The van der Waals surface area contributed by atoms with Crippen molar-refractivity contribution in [1.29, 1.82) is 0 Å². The zero-order chi connectivity index (χ0) is 30.8. The van der Waals surface area contributed by atoms with E-state index < -0.39 is 83.1 Å². The third-order valence-electron chi connectivity index (χ3n) is 6.29. The largest absolute Gasteiger partial charge is 0.479 e.